The molecule has 0 aromatic carbocycles. The van der Waals surface area contributed by atoms with Crippen molar-refractivity contribution in [2.75, 3.05) is 0 Å². The second-order valence-electron chi connectivity index (χ2n) is 1.75. The van der Waals surface area contributed by atoms with Crippen molar-refractivity contribution < 1.29 is 42.4 Å². The summed E-state index contributed by atoms with van der Waals surface area (Å²) in [5.74, 6) is -10.6. The third-order valence-corrected chi connectivity index (χ3v) is 1.13. The average molecular weight is 228 g/mol. The molecule has 0 radical (unpaired) electrons. The molecule has 7 nitrogen and oxygen atoms in total. The molecule has 0 aliphatic rings. The molecule has 0 atom stereocenters. The Hall–Kier alpha value is -0.453. The summed E-state index contributed by atoms with van der Waals surface area (Å²) >= 11 is 0. The van der Waals surface area contributed by atoms with Crippen molar-refractivity contribution in [2.45, 2.75) is 5.92 Å². The second kappa shape index (κ2) is 4.86. The van der Waals surface area contributed by atoms with Crippen molar-refractivity contribution in [3.05, 3.63) is 0 Å². The quantitative estimate of drug-likeness (QED) is 0.311. The fourth-order valence-electron chi connectivity index (χ4n) is 0.253. The van der Waals surface area contributed by atoms with Crippen LogP contribution in [0.1, 0.15) is 0 Å². The summed E-state index contributed by atoms with van der Waals surface area (Å²) in [5, 5.41) is 7.70. The van der Waals surface area contributed by atoms with Crippen molar-refractivity contribution in [1.29, 1.82) is 0 Å². The molecule has 0 saturated heterocycles. The van der Waals surface area contributed by atoms with Gasteiger partial charge in [0.2, 0.25) is 0 Å². The zero-order chi connectivity index (χ0) is 10.9. The molecule has 0 aromatic heterocycles. The molecule has 0 amide bonds. The number of carbonyl (C=O) groups is 2. The molecule has 78 valence electrons. The van der Waals surface area contributed by atoms with Crippen LogP contribution in [0.4, 0.5) is 8.78 Å². The van der Waals surface area contributed by atoms with Gasteiger partial charge >= 0.3 is 44.5 Å². The van der Waals surface area contributed by atoms with Gasteiger partial charge in [-0.1, -0.05) is 0 Å². The van der Waals surface area contributed by atoms with Gasteiger partial charge in [0, 0.05) is 0 Å². The van der Waals surface area contributed by atoms with E-state index in [9.17, 15) is 22.9 Å². The van der Waals surface area contributed by atoms with E-state index in [0.717, 1.165) is 0 Å². The first-order valence-corrected chi connectivity index (χ1v) is 4.01. The summed E-state index contributed by atoms with van der Waals surface area (Å²) < 4.78 is 36.8. The van der Waals surface area contributed by atoms with Gasteiger partial charge in [-0.2, -0.15) is 8.78 Å². The molecule has 0 aliphatic heterocycles. The minimum absolute atomic E-state index is 0. The van der Waals surface area contributed by atoms with Gasteiger partial charge in [0.05, 0.1) is 0 Å². The van der Waals surface area contributed by atoms with Crippen LogP contribution in [-0.2, 0) is 18.7 Å². The van der Waals surface area contributed by atoms with E-state index in [-0.39, 0.29) is 18.9 Å². The predicted molar refractivity (Wildman–Crippen MR) is 37.9 cm³/mol. The standard InChI is InChI=1S/C3H3F2O7P.Li.H/c4-3(5,1(6)7)2(8)12-13(9,10)11;;/h(H,6,7)(H2,9,10,11);;. The first-order valence-electron chi connectivity index (χ1n) is 2.48. The fraction of sp³-hybridized carbons (Fsp3) is 0.333. The van der Waals surface area contributed by atoms with Crippen LogP contribution in [0.2, 0.25) is 0 Å². The van der Waals surface area contributed by atoms with Gasteiger partial charge in [0.1, 0.15) is 0 Å². The molecular formula is C3H4F2LiO7P. The number of carboxylic acids is 1. The number of carboxylic acid groups (broad SMARTS) is 1. The van der Waals surface area contributed by atoms with Gasteiger partial charge < -0.3 is 9.63 Å². The van der Waals surface area contributed by atoms with E-state index in [1.54, 1.807) is 0 Å². The summed E-state index contributed by atoms with van der Waals surface area (Å²) in [6, 6.07) is 0. The van der Waals surface area contributed by atoms with E-state index in [1.807, 2.05) is 0 Å². The van der Waals surface area contributed by atoms with Crippen LogP contribution in [0.25, 0.3) is 0 Å². The van der Waals surface area contributed by atoms with Crippen molar-refractivity contribution in [1.82, 2.24) is 0 Å². The van der Waals surface area contributed by atoms with Gasteiger partial charge in [-0.05, 0) is 0 Å². The van der Waals surface area contributed by atoms with Crippen LogP contribution < -0.4 is 0 Å². The Kier molecular flexibility index (Phi) is 5.56. The fourth-order valence-corrected chi connectivity index (χ4v) is 0.583. The molecule has 0 rings (SSSR count). The molecule has 0 aromatic rings. The molecule has 11 heteroatoms. The second-order valence-corrected chi connectivity index (χ2v) is 2.91. The molecule has 0 unspecified atom stereocenters. The van der Waals surface area contributed by atoms with Gasteiger partial charge in [-0.3, -0.25) is 9.79 Å². The van der Waals surface area contributed by atoms with Crippen LogP contribution in [-0.4, -0.2) is 51.6 Å². The van der Waals surface area contributed by atoms with Gasteiger partial charge in [-0.25, -0.2) is 14.2 Å². The van der Waals surface area contributed by atoms with E-state index in [2.05, 4.69) is 4.52 Å². The van der Waals surface area contributed by atoms with Crippen molar-refractivity contribution in [3.8, 4) is 0 Å². The summed E-state index contributed by atoms with van der Waals surface area (Å²) in [6.07, 6.45) is 0. The maximum absolute atomic E-state index is 12.1. The molecule has 0 aliphatic carbocycles. The Morgan fingerprint density at radius 2 is 1.64 bits per heavy atom. The molecule has 3 N–H and O–H groups in total. The van der Waals surface area contributed by atoms with Crippen molar-refractivity contribution in [3.63, 3.8) is 0 Å². The zero-order valence-electron chi connectivity index (χ0n) is 5.68. The van der Waals surface area contributed by atoms with Crippen LogP contribution in [0, 0.1) is 0 Å². The number of carbonyl (C=O) groups excluding carboxylic acids is 1. The van der Waals surface area contributed by atoms with E-state index in [1.165, 1.54) is 0 Å². The normalized spacial score (nSPS) is 11.4. The first-order chi connectivity index (χ1) is 5.57. The maximum atomic E-state index is 12.1. The Bertz CT molecular complexity index is 285. The Morgan fingerprint density at radius 3 is 1.86 bits per heavy atom. The number of hydrogen-bond donors (Lipinski definition) is 3. The topological polar surface area (TPSA) is 121 Å². The summed E-state index contributed by atoms with van der Waals surface area (Å²) in [7, 11) is -5.45. The monoisotopic (exact) mass is 228 g/mol. The summed E-state index contributed by atoms with van der Waals surface area (Å²) in [5.41, 5.74) is 0. The number of aliphatic carboxylic acids is 1. The number of rotatable bonds is 3. The van der Waals surface area contributed by atoms with Crippen LogP contribution >= 0.6 is 7.82 Å². The molecule has 0 spiro atoms. The molecule has 0 saturated carbocycles. The molecule has 0 fully saturated rings. The van der Waals surface area contributed by atoms with Crippen LogP contribution in [0.3, 0.4) is 0 Å². The van der Waals surface area contributed by atoms with Crippen molar-refractivity contribution >= 4 is 38.6 Å². The van der Waals surface area contributed by atoms with Gasteiger partial charge in [0.25, 0.3) is 0 Å². The van der Waals surface area contributed by atoms with E-state index in [4.69, 9.17) is 14.9 Å². The summed E-state index contributed by atoms with van der Waals surface area (Å²) in [6.45, 7) is 0. The van der Waals surface area contributed by atoms with Crippen molar-refractivity contribution in [2.24, 2.45) is 0 Å². The molecule has 0 heterocycles. The number of phosphoric ester groups is 1. The van der Waals surface area contributed by atoms with E-state index >= 15 is 0 Å². The van der Waals surface area contributed by atoms with Gasteiger partial charge in [-0.15, -0.1) is 0 Å². The summed E-state index contributed by atoms with van der Waals surface area (Å²) in [4.78, 5) is 35.5. The number of halogens is 2. The zero-order valence-corrected chi connectivity index (χ0v) is 6.57. The van der Waals surface area contributed by atoms with Gasteiger partial charge in [0.15, 0.2) is 0 Å². The molecular weight excluding hydrogens is 224 g/mol. The van der Waals surface area contributed by atoms with E-state index in [0.29, 0.717) is 0 Å². The third-order valence-electron chi connectivity index (χ3n) is 0.727. The first kappa shape index (κ1) is 16.0. The number of alkyl halides is 2. The average Bonchev–Trinajstić information content (AvgIpc) is 1.82. The number of hydrogen-bond acceptors (Lipinski definition) is 4. The SMILES string of the molecule is O=C(O)C(F)(F)C(=O)OP(=O)(O)O.[LiH]. The molecule has 0 bridgehead atoms. The predicted octanol–water partition coefficient (Wildman–Crippen LogP) is -1.31. The van der Waals surface area contributed by atoms with E-state index < -0.39 is 25.7 Å². The van der Waals surface area contributed by atoms with Crippen LogP contribution in [0.15, 0.2) is 0 Å². The number of phosphoric acid groups is 1. The van der Waals surface area contributed by atoms with Crippen LogP contribution in [0.5, 0.6) is 0 Å². The minimum atomic E-state index is -5.45. The third kappa shape index (κ3) is 4.69. The Morgan fingerprint density at radius 1 is 1.29 bits per heavy atom. The Labute approximate surface area is 87.5 Å². The molecule has 14 heavy (non-hydrogen) atoms. The Balaban J connectivity index is 0.